The number of H-pyrrole nitrogens is 1. The van der Waals surface area contributed by atoms with Gasteiger partial charge < -0.3 is 14.8 Å². The minimum absolute atomic E-state index is 0.0511. The monoisotopic (exact) mass is 369 g/mol. The third-order valence-corrected chi connectivity index (χ3v) is 4.10. The normalized spacial score (nSPS) is 10.6. The van der Waals surface area contributed by atoms with E-state index < -0.39 is 11.2 Å². The van der Waals surface area contributed by atoms with Crippen LogP contribution >= 0.6 is 0 Å². The summed E-state index contributed by atoms with van der Waals surface area (Å²) >= 11 is 0. The summed E-state index contributed by atoms with van der Waals surface area (Å²) in [7, 11) is 3.04. The molecule has 0 spiro atoms. The van der Waals surface area contributed by atoms with Gasteiger partial charge in [0, 0.05) is 36.9 Å². The molecule has 0 aliphatic rings. The Balaban J connectivity index is 1.78. The van der Waals surface area contributed by atoms with Crippen molar-refractivity contribution in [2.45, 2.75) is 13.0 Å². The Labute approximate surface area is 154 Å². The molecule has 0 aliphatic heterocycles. The van der Waals surface area contributed by atoms with Crippen LogP contribution in [-0.2, 0) is 11.3 Å². The molecule has 3 rings (SSSR count). The molecule has 27 heavy (non-hydrogen) atoms. The highest BCUT2D eigenvalue weighted by atomic mass is 16.5. The summed E-state index contributed by atoms with van der Waals surface area (Å²) in [5.41, 5.74) is 0.0197. The zero-order valence-corrected chi connectivity index (χ0v) is 14.9. The lowest BCUT2D eigenvalue weighted by molar-refractivity contribution is -0.116. The number of fused-ring (bicyclic) bond motifs is 1. The standard InChI is InChI=1S/C19H19N3O5/c1-26-13-9-12(10-14(11-13)27-2)20-17(23)7-8-22-16-6-4-3-5-15(16)18(24)21-19(22)25/h3-6,9-11H,7-8H2,1-2H3,(H,20,23)(H,21,24,25). The van der Waals surface area contributed by atoms with E-state index in [1.165, 1.54) is 18.8 Å². The minimum atomic E-state index is -0.547. The highest BCUT2D eigenvalue weighted by molar-refractivity contribution is 5.91. The number of aryl methyl sites for hydroxylation is 1. The third kappa shape index (κ3) is 4.00. The summed E-state index contributed by atoms with van der Waals surface area (Å²) < 4.78 is 11.7. The fourth-order valence-electron chi connectivity index (χ4n) is 2.78. The van der Waals surface area contributed by atoms with Crippen molar-refractivity contribution >= 4 is 22.5 Å². The molecule has 0 unspecified atom stereocenters. The summed E-state index contributed by atoms with van der Waals surface area (Å²) in [5, 5.41) is 3.15. The van der Waals surface area contributed by atoms with Crippen LogP contribution in [0.15, 0.2) is 52.1 Å². The predicted octanol–water partition coefficient (Wildman–Crippen LogP) is 1.74. The number of nitrogens with zero attached hydrogens (tertiary/aromatic N) is 1. The number of benzene rings is 2. The Morgan fingerprint density at radius 3 is 2.41 bits per heavy atom. The van der Waals surface area contributed by atoms with Gasteiger partial charge in [0.25, 0.3) is 5.56 Å². The second-order valence-electron chi connectivity index (χ2n) is 5.83. The first-order chi connectivity index (χ1) is 13.0. The van der Waals surface area contributed by atoms with Crippen LogP contribution in [0.1, 0.15) is 6.42 Å². The predicted molar refractivity (Wildman–Crippen MR) is 102 cm³/mol. The maximum absolute atomic E-state index is 12.3. The molecule has 1 amide bonds. The fourth-order valence-corrected chi connectivity index (χ4v) is 2.78. The number of aromatic nitrogens is 2. The summed E-state index contributed by atoms with van der Waals surface area (Å²) in [6.07, 6.45) is 0.0511. The van der Waals surface area contributed by atoms with E-state index in [0.717, 1.165) is 0 Å². The number of hydrogen-bond acceptors (Lipinski definition) is 5. The number of carbonyl (C=O) groups is 1. The number of hydrogen-bond donors (Lipinski definition) is 2. The number of rotatable bonds is 6. The Hall–Kier alpha value is -3.55. The molecule has 0 fully saturated rings. The van der Waals surface area contributed by atoms with Crippen molar-refractivity contribution in [3.8, 4) is 11.5 Å². The third-order valence-electron chi connectivity index (χ3n) is 4.10. The number of aromatic amines is 1. The van der Waals surface area contributed by atoms with Crippen molar-refractivity contribution < 1.29 is 14.3 Å². The van der Waals surface area contributed by atoms with Gasteiger partial charge in [0.2, 0.25) is 5.91 Å². The Morgan fingerprint density at radius 1 is 1.07 bits per heavy atom. The van der Waals surface area contributed by atoms with Gasteiger partial charge in [0.1, 0.15) is 11.5 Å². The number of amides is 1. The molecule has 8 heteroatoms. The number of anilines is 1. The Kier molecular flexibility index (Phi) is 5.25. The molecule has 0 saturated heterocycles. The highest BCUT2D eigenvalue weighted by Crippen LogP contribution is 2.25. The van der Waals surface area contributed by atoms with E-state index in [2.05, 4.69) is 10.3 Å². The molecule has 2 N–H and O–H groups in total. The Bertz CT molecular complexity index is 1080. The van der Waals surface area contributed by atoms with Crippen LogP contribution in [-0.4, -0.2) is 29.7 Å². The van der Waals surface area contributed by atoms with Gasteiger partial charge in [-0.3, -0.25) is 19.1 Å². The molecule has 8 nitrogen and oxygen atoms in total. The number of carbonyl (C=O) groups excluding carboxylic acids is 1. The summed E-state index contributed by atoms with van der Waals surface area (Å²) in [6, 6.07) is 11.8. The molecule has 0 atom stereocenters. The van der Waals surface area contributed by atoms with Crippen molar-refractivity contribution in [1.82, 2.24) is 9.55 Å². The number of methoxy groups -OCH3 is 2. The molecular formula is C19H19N3O5. The first kappa shape index (κ1) is 18.2. The molecule has 140 valence electrons. The van der Waals surface area contributed by atoms with Crippen molar-refractivity contribution in [1.29, 1.82) is 0 Å². The SMILES string of the molecule is COc1cc(NC(=O)CCn2c(=O)[nH]c(=O)c3ccccc32)cc(OC)c1. The van der Waals surface area contributed by atoms with Crippen LogP contribution in [0.3, 0.4) is 0 Å². The van der Waals surface area contributed by atoms with E-state index in [4.69, 9.17) is 9.47 Å². The Morgan fingerprint density at radius 2 is 1.74 bits per heavy atom. The molecule has 1 heterocycles. The van der Waals surface area contributed by atoms with Crippen LogP contribution in [0.25, 0.3) is 10.9 Å². The minimum Gasteiger partial charge on any atom is -0.497 e. The molecule has 3 aromatic rings. The lowest BCUT2D eigenvalue weighted by Gasteiger charge is -2.11. The average Bonchev–Trinajstić information content (AvgIpc) is 2.67. The molecular weight excluding hydrogens is 350 g/mol. The maximum Gasteiger partial charge on any atom is 0.328 e. The van der Waals surface area contributed by atoms with E-state index in [0.29, 0.717) is 28.1 Å². The second kappa shape index (κ2) is 7.77. The molecule has 1 aromatic heterocycles. The van der Waals surface area contributed by atoms with Crippen LogP contribution in [0.2, 0.25) is 0 Å². The van der Waals surface area contributed by atoms with E-state index in [1.807, 2.05) is 0 Å². The number of ether oxygens (including phenoxy) is 2. The van der Waals surface area contributed by atoms with Crippen LogP contribution < -0.4 is 26.0 Å². The van der Waals surface area contributed by atoms with Gasteiger partial charge in [-0.15, -0.1) is 0 Å². The van der Waals surface area contributed by atoms with Crippen LogP contribution in [0, 0.1) is 0 Å². The van der Waals surface area contributed by atoms with E-state index >= 15 is 0 Å². The maximum atomic E-state index is 12.3. The van der Waals surface area contributed by atoms with Crippen molar-refractivity contribution in [2.24, 2.45) is 0 Å². The van der Waals surface area contributed by atoms with Crippen LogP contribution in [0.5, 0.6) is 11.5 Å². The smallest absolute Gasteiger partial charge is 0.328 e. The fraction of sp³-hybridized carbons (Fsp3) is 0.211. The summed E-state index contributed by atoms with van der Waals surface area (Å²) in [5.74, 6) is 0.812. The van der Waals surface area contributed by atoms with E-state index in [-0.39, 0.29) is 18.9 Å². The number of nitrogens with one attached hydrogen (secondary N) is 2. The quantitative estimate of drug-likeness (QED) is 0.689. The zero-order valence-electron chi connectivity index (χ0n) is 14.9. The van der Waals surface area contributed by atoms with Gasteiger partial charge in [-0.25, -0.2) is 4.79 Å². The van der Waals surface area contributed by atoms with Crippen molar-refractivity contribution in [3.05, 3.63) is 63.3 Å². The topological polar surface area (TPSA) is 102 Å². The van der Waals surface area contributed by atoms with Gasteiger partial charge in [0.05, 0.1) is 25.1 Å². The molecule has 0 bridgehead atoms. The van der Waals surface area contributed by atoms with Gasteiger partial charge >= 0.3 is 5.69 Å². The molecule has 0 saturated carbocycles. The van der Waals surface area contributed by atoms with E-state index in [9.17, 15) is 14.4 Å². The second-order valence-corrected chi connectivity index (χ2v) is 5.83. The van der Waals surface area contributed by atoms with Gasteiger partial charge in [-0.2, -0.15) is 0 Å². The zero-order chi connectivity index (χ0) is 19.4. The van der Waals surface area contributed by atoms with Gasteiger partial charge in [-0.05, 0) is 12.1 Å². The van der Waals surface area contributed by atoms with Crippen LogP contribution in [0.4, 0.5) is 5.69 Å². The highest BCUT2D eigenvalue weighted by Gasteiger charge is 2.10. The van der Waals surface area contributed by atoms with Crippen molar-refractivity contribution in [3.63, 3.8) is 0 Å². The van der Waals surface area contributed by atoms with Crippen molar-refractivity contribution in [2.75, 3.05) is 19.5 Å². The average molecular weight is 369 g/mol. The lowest BCUT2D eigenvalue weighted by Crippen LogP contribution is -2.31. The molecule has 0 radical (unpaired) electrons. The summed E-state index contributed by atoms with van der Waals surface area (Å²) in [6.45, 7) is 0.128. The first-order valence-corrected chi connectivity index (χ1v) is 8.26. The van der Waals surface area contributed by atoms with Gasteiger partial charge in [0.15, 0.2) is 0 Å². The molecule has 0 aliphatic carbocycles. The summed E-state index contributed by atoms with van der Waals surface area (Å²) in [4.78, 5) is 38.6. The van der Waals surface area contributed by atoms with Gasteiger partial charge in [-0.1, -0.05) is 12.1 Å². The number of para-hydroxylation sites is 1. The lowest BCUT2D eigenvalue weighted by atomic mass is 10.2. The molecule has 2 aromatic carbocycles. The largest absolute Gasteiger partial charge is 0.497 e. The first-order valence-electron chi connectivity index (χ1n) is 8.26. The van der Waals surface area contributed by atoms with E-state index in [1.54, 1.807) is 42.5 Å².